The number of hydrogen-bond acceptors (Lipinski definition) is 4. The molecule has 0 saturated heterocycles. The first-order valence-electron chi connectivity index (χ1n) is 7.78. The fourth-order valence-electron chi connectivity index (χ4n) is 3.52. The van der Waals surface area contributed by atoms with E-state index < -0.39 is 11.0 Å². The molecule has 0 spiro atoms. The van der Waals surface area contributed by atoms with Crippen molar-refractivity contribution in [3.8, 4) is 5.75 Å². The summed E-state index contributed by atoms with van der Waals surface area (Å²) in [7, 11) is 1.50. The lowest BCUT2D eigenvalue weighted by Crippen LogP contribution is -2.53. The number of phenols is 1. The van der Waals surface area contributed by atoms with E-state index in [1.807, 2.05) is 19.1 Å². The number of aromatic hydroxyl groups is 1. The number of hydrogen-bond donors (Lipinski definition) is 2. The Hall–Kier alpha value is -2.07. The molecule has 2 aliphatic rings. The molecule has 4 heteroatoms. The zero-order valence-corrected chi connectivity index (χ0v) is 13.9. The van der Waals surface area contributed by atoms with Crippen molar-refractivity contribution < 1.29 is 19.7 Å². The van der Waals surface area contributed by atoms with Gasteiger partial charge in [0, 0.05) is 11.6 Å². The van der Waals surface area contributed by atoms with Gasteiger partial charge in [0.25, 0.3) is 0 Å². The highest BCUT2D eigenvalue weighted by Gasteiger charge is 2.54. The molecule has 0 radical (unpaired) electrons. The molecule has 0 fully saturated rings. The van der Waals surface area contributed by atoms with E-state index in [-0.39, 0.29) is 11.5 Å². The summed E-state index contributed by atoms with van der Waals surface area (Å²) in [6, 6.07) is 3.65. The maximum atomic E-state index is 12.5. The van der Waals surface area contributed by atoms with Crippen molar-refractivity contribution in [2.45, 2.75) is 39.2 Å². The average molecular weight is 314 g/mol. The van der Waals surface area contributed by atoms with Gasteiger partial charge in [-0.1, -0.05) is 6.07 Å². The van der Waals surface area contributed by atoms with Gasteiger partial charge < -0.3 is 14.9 Å². The smallest absolute Gasteiger partial charge is 0.168 e. The summed E-state index contributed by atoms with van der Waals surface area (Å²) >= 11 is 0. The molecular weight excluding hydrogens is 292 g/mol. The summed E-state index contributed by atoms with van der Waals surface area (Å²) in [5, 5.41) is 21.4. The molecule has 0 heterocycles. The molecule has 0 aromatic heterocycles. The zero-order valence-electron chi connectivity index (χ0n) is 13.9. The maximum absolute atomic E-state index is 12.5. The molecule has 3 rings (SSSR count). The Morgan fingerprint density at radius 1 is 1.22 bits per heavy atom. The third kappa shape index (κ3) is 2.12. The van der Waals surface area contributed by atoms with Crippen LogP contribution in [0, 0.1) is 12.3 Å². The Labute approximate surface area is 136 Å². The van der Waals surface area contributed by atoms with Crippen LogP contribution in [0.1, 0.15) is 37.0 Å². The lowest BCUT2D eigenvalue weighted by molar-refractivity contribution is -0.137. The van der Waals surface area contributed by atoms with Gasteiger partial charge in [0.15, 0.2) is 5.78 Å². The lowest BCUT2D eigenvalue weighted by atomic mass is 9.62. The second kappa shape index (κ2) is 4.96. The SMILES string of the molecule is COC1=CC(=O)C(C)(C)[C@]2(O)CCc3cc(C)c(O)cc3C=C12. The minimum atomic E-state index is -1.30. The summed E-state index contributed by atoms with van der Waals surface area (Å²) in [4.78, 5) is 12.5. The van der Waals surface area contributed by atoms with Crippen LogP contribution in [0.2, 0.25) is 0 Å². The van der Waals surface area contributed by atoms with Gasteiger partial charge in [-0.15, -0.1) is 0 Å². The van der Waals surface area contributed by atoms with Crippen LogP contribution in [0.3, 0.4) is 0 Å². The van der Waals surface area contributed by atoms with Crippen LogP contribution in [-0.4, -0.2) is 28.7 Å². The molecule has 0 unspecified atom stereocenters. The fourth-order valence-corrected chi connectivity index (χ4v) is 3.52. The normalized spacial score (nSPS) is 25.7. The van der Waals surface area contributed by atoms with Gasteiger partial charge in [-0.2, -0.15) is 0 Å². The predicted octanol–water partition coefficient (Wildman–Crippen LogP) is 2.90. The summed E-state index contributed by atoms with van der Waals surface area (Å²) in [6.07, 6.45) is 4.35. The van der Waals surface area contributed by atoms with E-state index in [9.17, 15) is 15.0 Å². The highest BCUT2D eigenvalue weighted by Crippen LogP contribution is 2.49. The van der Waals surface area contributed by atoms with E-state index in [0.717, 1.165) is 16.7 Å². The molecule has 2 N–H and O–H groups in total. The molecule has 122 valence electrons. The molecule has 1 aromatic carbocycles. The standard InChI is InChI=1S/C19H22O4/c1-11-7-12-5-6-19(22)14(8-13(12)9-15(11)20)16(23-4)10-17(21)18(19,2)3/h7-10,20,22H,5-6H2,1-4H3/t19-/m0/s1. The molecule has 1 atom stereocenters. The largest absolute Gasteiger partial charge is 0.508 e. The van der Waals surface area contributed by atoms with E-state index >= 15 is 0 Å². The van der Waals surface area contributed by atoms with E-state index in [4.69, 9.17) is 4.74 Å². The third-order valence-corrected chi connectivity index (χ3v) is 5.36. The Morgan fingerprint density at radius 2 is 1.91 bits per heavy atom. The molecule has 2 aliphatic carbocycles. The molecule has 1 aromatic rings. The van der Waals surface area contributed by atoms with E-state index in [0.29, 0.717) is 24.2 Å². The Kier molecular flexibility index (Phi) is 3.41. The first kappa shape index (κ1) is 15.8. The summed E-state index contributed by atoms with van der Waals surface area (Å²) in [5.74, 6) is 0.476. The number of aryl methyl sites for hydroxylation is 2. The molecule has 0 bridgehead atoms. The molecule has 23 heavy (non-hydrogen) atoms. The van der Waals surface area contributed by atoms with Crippen LogP contribution in [0.4, 0.5) is 0 Å². The van der Waals surface area contributed by atoms with Crippen molar-refractivity contribution in [2.75, 3.05) is 7.11 Å². The highest BCUT2D eigenvalue weighted by atomic mass is 16.5. The van der Waals surface area contributed by atoms with Crippen LogP contribution in [0.15, 0.2) is 29.5 Å². The van der Waals surface area contributed by atoms with Crippen LogP contribution in [0.25, 0.3) is 6.08 Å². The maximum Gasteiger partial charge on any atom is 0.168 e. The second-order valence-electron chi connectivity index (χ2n) is 6.96. The number of carbonyl (C=O) groups is 1. The van der Waals surface area contributed by atoms with Crippen molar-refractivity contribution in [3.63, 3.8) is 0 Å². The first-order valence-corrected chi connectivity index (χ1v) is 7.78. The quantitative estimate of drug-likeness (QED) is 0.836. The van der Waals surface area contributed by atoms with E-state index in [1.54, 1.807) is 19.9 Å². The Bertz CT molecular complexity index is 755. The topological polar surface area (TPSA) is 66.8 Å². The van der Waals surface area contributed by atoms with Crippen LogP contribution in [0.5, 0.6) is 5.75 Å². The number of phenolic OH excluding ortho intramolecular Hbond substituents is 1. The number of fused-ring (bicyclic) bond motifs is 2. The monoisotopic (exact) mass is 314 g/mol. The number of benzene rings is 1. The summed E-state index contributed by atoms with van der Waals surface area (Å²) < 4.78 is 5.36. The molecule has 0 saturated carbocycles. The van der Waals surface area contributed by atoms with Crippen molar-refractivity contribution in [1.82, 2.24) is 0 Å². The third-order valence-electron chi connectivity index (χ3n) is 5.36. The Balaban J connectivity index is 2.27. The van der Waals surface area contributed by atoms with Gasteiger partial charge in [0.05, 0.1) is 12.5 Å². The van der Waals surface area contributed by atoms with Crippen molar-refractivity contribution in [3.05, 3.63) is 46.2 Å². The number of ketones is 1. The molecule has 4 nitrogen and oxygen atoms in total. The first-order chi connectivity index (χ1) is 10.7. The van der Waals surface area contributed by atoms with Gasteiger partial charge in [0.1, 0.15) is 17.1 Å². The second-order valence-corrected chi connectivity index (χ2v) is 6.96. The molecular formula is C19H22O4. The van der Waals surface area contributed by atoms with Crippen molar-refractivity contribution in [2.24, 2.45) is 5.41 Å². The number of methoxy groups -OCH3 is 1. The number of aliphatic hydroxyl groups is 1. The predicted molar refractivity (Wildman–Crippen MR) is 88.0 cm³/mol. The molecule has 0 aliphatic heterocycles. The Morgan fingerprint density at radius 3 is 2.57 bits per heavy atom. The number of allylic oxidation sites excluding steroid dienone is 1. The van der Waals surface area contributed by atoms with Crippen molar-refractivity contribution >= 4 is 11.9 Å². The van der Waals surface area contributed by atoms with Gasteiger partial charge in [0.2, 0.25) is 0 Å². The fraction of sp³-hybridized carbons (Fsp3) is 0.421. The van der Waals surface area contributed by atoms with E-state index in [2.05, 4.69) is 0 Å². The lowest BCUT2D eigenvalue weighted by Gasteiger charge is -2.45. The van der Waals surface area contributed by atoms with Gasteiger partial charge in [-0.3, -0.25) is 4.79 Å². The van der Waals surface area contributed by atoms with Crippen LogP contribution in [-0.2, 0) is 16.0 Å². The van der Waals surface area contributed by atoms with Gasteiger partial charge in [-0.25, -0.2) is 0 Å². The van der Waals surface area contributed by atoms with Crippen molar-refractivity contribution in [1.29, 1.82) is 0 Å². The van der Waals surface area contributed by atoms with Crippen LogP contribution >= 0.6 is 0 Å². The minimum absolute atomic E-state index is 0.140. The van der Waals surface area contributed by atoms with Gasteiger partial charge in [-0.05, 0) is 62.4 Å². The van der Waals surface area contributed by atoms with Crippen LogP contribution < -0.4 is 0 Å². The average Bonchev–Trinajstić information content (AvgIpc) is 2.63. The number of carbonyl (C=O) groups excluding carboxylic acids is 1. The number of rotatable bonds is 1. The summed E-state index contributed by atoms with van der Waals surface area (Å²) in [6.45, 7) is 5.39. The van der Waals surface area contributed by atoms with Gasteiger partial charge >= 0.3 is 0 Å². The number of ether oxygens (including phenoxy) is 1. The zero-order chi connectivity index (χ0) is 17.0. The minimum Gasteiger partial charge on any atom is -0.508 e. The summed E-state index contributed by atoms with van der Waals surface area (Å²) in [5.41, 5.74) is 1.08. The van der Waals surface area contributed by atoms with E-state index in [1.165, 1.54) is 13.2 Å². The molecule has 0 amide bonds. The highest BCUT2D eigenvalue weighted by molar-refractivity contribution is 5.99.